The van der Waals surface area contributed by atoms with Crippen molar-refractivity contribution in [3.05, 3.63) is 89.6 Å². The lowest BCUT2D eigenvalue weighted by molar-refractivity contribution is -0.136. The van der Waals surface area contributed by atoms with Gasteiger partial charge >= 0.3 is 0 Å². The Morgan fingerprint density at radius 1 is 0.861 bits per heavy atom. The lowest BCUT2D eigenvalue weighted by atomic mass is 9.72. The topological polar surface area (TPSA) is 196 Å². The van der Waals surface area contributed by atoms with Crippen molar-refractivity contribution in [2.24, 2.45) is 12.5 Å². The van der Waals surface area contributed by atoms with E-state index in [1.54, 1.807) is 37.7 Å². The summed E-state index contributed by atoms with van der Waals surface area (Å²) in [5.41, 5.74) is 8.48. The zero-order valence-electron chi connectivity index (χ0n) is 41.0. The number of aromatic nitrogens is 6. The predicted molar refractivity (Wildman–Crippen MR) is 280 cm³/mol. The van der Waals surface area contributed by atoms with Gasteiger partial charge in [0.2, 0.25) is 17.8 Å². The molecule has 5 aliphatic rings. The second kappa shape index (κ2) is 19.1. The Morgan fingerprint density at radius 3 is 2.42 bits per heavy atom. The van der Waals surface area contributed by atoms with Gasteiger partial charge in [0.1, 0.15) is 29.5 Å². The fraction of sp³-hybridized carbons (Fsp3) is 0.423. The van der Waals surface area contributed by atoms with E-state index < -0.39 is 13.2 Å². The molecule has 374 valence electrons. The van der Waals surface area contributed by atoms with E-state index >= 15 is 0 Å². The van der Waals surface area contributed by atoms with Gasteiger partial charge in [-0.05, 0) is 119 Å². The van der Waals surface area contributed by atoms with Crippen molar-refractivity contribution in [3.8, 4) is 16.9 Å². The molecule has 0 aliphatic carbocycles. The third-order valence-corrected chi connectivity index (χ3v) is 17.2. The van der Waals surface area contributed by atoms with Crippen LogP contribution in [-0.4, -0.2) is 129 Å². The first-order valence-corrected chi connectivity index (χ1v) is 27.8. The van der Waals surface area contributed by atoms with Crippen molar-refractivity contribution in [1.29, 1.82) is 0 Å². The van der Waals surface area contributed by atoms with Crippen LogP contribution in [0.3, 0.4) is 0 Å². The van der Waals surface area contributed by atoms with Gasteiger partial charge in [-0.1, -0.05) is 11.6 Å². The van der Waals surface area contributed by atoms with Crippen LogP contribution < -0.4 is 35.8 Å². The average Bonchev–Trinajstić information content (AvgIpc) is 3.96. The molecule has 6 aromatic rings. The first kappa shape index (κ1) is 47.7. The van der Waals surface area contributed by atoms with Crippen LogP contribution in [0, 0.1) is 5.41 Å². The second-order valence-corrected chi connectivity index (χ2v) is 23.9. The molecule has 0 bridgehead atoms. The van der Waals surface area contributed by atoms with Crippen molar-refractivity contribution in [2.45, 2.75) is 70.0 Å². The van der Waals surface area contributed by atoms with Gasteiger partial charge in [0.25, 0.3) is 5.91 Å². The van der Waals surface area contributed by atoms with Crippen LogP contribution in [0.5, 0.6) is 5.75 Å². The summed E-state index contributed by atoms with van der Waals surface area (Å²) in [6.45, 7) is 9.72. The summed E-state index contributed by atoms with van der Waals surface area (Å²) in [6, 6.07) is 13.9. The Morgan fingerprint density at radius 2 is 1.67 bits per heavy atom. The molecule has 11 rings (SSSR count). The summed E-state index contributed by atoms with van der Waals surface area (Å²) in [5, 5.41) is 14.5. The lowest BCUT2D eigenvalue weighted by Gasteiger charge is -2.50. The van der Waals surface area contributed by atoms with E-state index in [9.17, 15) is 18.9 Å². The number of likely N-dealkylation sites (tertiary alicyclic amines) is 1. The summed E-state index contributed by atoms with van der Waals surface area (Å²) in [6.07, 6.45) is 16.0. The number of fused-ring (bicyclic) bond motifs is 2. The summed E-state index contributed by atoms with van der Waals surface area (Å²) >= 11 is 6.69. The standard InChI is InChI=1S/C52H59ClN13O5P/c1-62-29-33(27-57-62)37-25-41(59-51-56-28-38(53)48(61-51)58-40-9-8-39-46(55-18-17-54-39)47(40)72(3,4)70)44(71-2)26-43(37)64-20-12-34(13-21-64)63-22-15-52(16-23-63)14-5-19-65(31-52)35-6-7-36-32(24-35)30-66(50(36)69)42-10-11-45(67)60-49(42)68/h6-9,17-18,24-29,34,42H,5,10-16,19-23,30-31H2,1-4H3,(H,60,67,68)(H2,56,58,59,61). The summed E-state index contributed by atoms with van der Waals surface area (Å²) in [4.78, 5) is 65.4. The number of piperidine rings is 4. The highest BCUT2D eigenvalue weighted by Crippen LogP contribution is 2.46. The molecular formula is C52H59ClN13O5P. The predicted octanol–water partition coefficient (Wildman–Crippen LogP) is 7.33. The van der Waals surface area contributed by atoms with Crippen LogP contribution in [0.1, 0.15) is 67.3 Å². The molecule has 1 unspecified atom stereocenters. The molecule has 18 nitrogen and oxygen atoms in total. The zero-order valence-corrected chi connectivity index (χ0v) is 42.7. The zero-order chi connectivity index (χ0) is 49.9. The molecule has 4 saturated heterocycles. The fourth-order valence-corrected chi connectivity index (χ4v) is 13.3. The summed E-state index contributed by atoms with van der Waals surface area (Å²) < 4.78 is 21.5. The number of ether oxygens (including phenoxy) is 1. The lowest BCUT2D eigenvalue weighted by Crippen LogP contribution is -2.53. The number of aryl methyl sites for hydroxylation is 1. The fourth-order valence-electron chi connectivity index (χ4n) is 11.7. The van der Waals surface area contributed by atoms with E-state index in [-0.39, 0.29) is 40.5 Å². The molecule has 20 heteroatoms. The van der Waals surface area contributed by atoms with E-state index in [1.165, 1.54) is 12.6 Å². The Kier molecular flexibility index (Phi) is 12.6. The van der Waals surface area contributed by atoms with Crippen molar-refractivity contribution in [1.82, 2.24) is 44.8 Å². The van der Waals surface area contributed by atoms with Gasteiger partial charge in [0.15, 0.2) is 5.82 Å². The Hall–Kier alpha value is -6.62. The van der Waals surface area contributed by atoms with E-state index in [1.807, 2.05) is 42.3 Å². The van der Waals surface area contributed by atoms with Crippen molar-refractivity contribution >= 4 is 87.3 Å². The molecule has 1 spiro atoms. The largest absolute Gasteiger partial charge is 0.494 e. The number of imide groups is 1. The SMILES string of the molecule is COc1cc(N2CCC(N3CCC4(CCCN(c5ccc6c(c5)CN(C5CCC(=O)NC5=O)C6=O)C4)CC3)CC2)c(-c2cnn(C)c2)cc1Nc1ncc(Cl)c(Nc2ccc3nccnc3c2P(C)(C)=O)n1. The average molecular weight is 1010 g/mol. The minimum atomic E-state index is -2.84. The number of hydrogen-bond donors (Lipinski definition) is 3. The van der Waals surface area contributed by atoms with Gasteiger partial charge in [-0.3, -0.25) is 34.4 Å². The number of rotatable bonds is 11. The van der Waals surface area contributed by atoms with Gasteiger partial charge in [-0.25, -0.2) is 4.98 Å². The number of hydrogen-bond acceptors (Lipinski definition) is 15. The number of nitrogens with zero attached hydrogens (tertiary/aromatic N) is 10. The Bertz CT molecular complexity index is 3160. The van der Waals surface area contributed by atoms with Gasteiger partial charge in [0, 0.05) is 105 Å². The summed E-state index contributed by atoms with van der Waals surface area (Å²) in [5.74, 6) is 0.456. The third kappa shape index (κ3) is 9.24. The van der Waals surface area contributed by atoms with Crippen molar-refractivity contribution in [3.63, 3.8) is 0 Å². The van der Waals surface area contributed by atoms with Gasteiger partial charge in [0.05, 0.1) is 41.7 Å². The molecular weight excluding hydrogens is 953 g/mol. The van der Waals surface area contributed by atoms with E-state index in [0.29, 0.717) is 63.9 Å². The number of amides is 3. The molecule has 3 aromatic carbocycles. The molecule has 72 heavy (non-hydrogen) atoms. The first-order chi connectivity index (χ1) is 34.7. The van der Waals surface area contributed by atoms with Crippen LogP contribution in [0.15, 0.2) is 73.4 Å². The molecule has 8 heterocycles. The maximum absolute atomic E-state index is 13.6. The molecule has 5 aliphatic heterocycles. The number of methoxy groups -OCH3 is 1. The molecule has 3 N–H and O–H groups in total. The van der Waals surface area contributed by atoms with Gasteiger partial charge in [-0.2, -0.15) is 10.1 Å². The van der Waals surface area contributed by atoms with Crippen LogP contribution in [0.2, 0.25) is 5.02 Å². The van der Waals surface area contributed by atoms with E-state index in [4.69, 9.17) is 21.3 Å². The molecule has 3 amide bonds. The number of benzene rings is 3. The molecule has 4 fully saturated rings. The van der Waals surface area contributed by atoms with Gasteiger partial charge in [-0.15, -0.1) is 0 Å². The minimum Gasteiger partial charge on any atom is -0.494 e. The Balaban J connectivity index is 0.755. The molecule has 0 saturated carbocycles. The molecule has 3 aromatic heterocycles. The monoisotopic (exact) mass is 1010 g/mol. The number of anilines is 6. The van der Waals surface area contributed by atoms with Crippen LogP contribution >= 0.6 is 18.7 Å². The summed E-state index contributed by atoms with van der Waals surface area (Å²) in [7, 11) is 0.743. The van der Waals surface area contributed by atoms with Crippen LogP contribution in [0.4, 0.5) is 34.5 Å². The number of halogens is 1. The maximum atomic E-state index is 13.6. The molecule has 1 atom stereocenters. The second-order valence-electron chi connectivity index (χ2n) is 20.4. The third-order valence-electron chi connectivity index (χ3n) is 15.4. The highest BCUT2D eigenvalue weighted by molar-refractivity contribution is 7.71. The van der Waals surface area contributed by atoms with E-state index in [2.05, 4.69) is 75.0 Å². The van der Waals surface area contributed by atoms with Crippen LogP contribution in [-0.2, 0) is 27.7 Å². The van der Waals surface area contributed by atoms with Crippen molar-refractivity contribution in [2.75, 3.05) is 80.1 Å². The smallest absolute Gasteiger partial charge is 0.255 e. The van der Waals surface area contributed by atoms with Gasteiger partial charge < -0.3 is 39.5 Å². The van der Waals surface area contributed by atoms with E-state index in [0.717, 1.165) is 99.4 Å². The normalized spacial score (nSPS) is 19.8. The number of carbonyl (C=O) groups is 3. The first-order valence-electron chi connectivity index (χ1n) is 24.8. The highest BCUT2D eigenvalue weighted by atomic mass is 35.5. The Labute approximate surface area is 423 Å². The number of nitrogens with one attached hydrogen (secondary N) is 3. The van der Waals surface area contributed by atoms with Crippen LogP contribution in [0.25, 0.3) is 22.2 Å². The number of carbonyl (C=O) groups excluding carboxylic acids is 3. The molecule has 0 radical (unpaired) electrons. The minimum absolute atomic E-state index is 0.134. The highest BCUT2D eigenvalue weighted by Gasteiger charge is 2.42. The van der Waals surface area contributed by atoms with Crippen molar-refractivity contribution < 1.29 is 23.7 Å². The quantitative estimate of drug-likeness (QED) is 0.0862. The maximum Gasteiger partial charge on any atom is 0.255 e.